The van der Waals surface area contributed by atoms with Gasteiger partial charge in [0.05, 0.1) is 0 Å². The van der Waals surface area contributed by atoms with Gasteiger partial charge in [-0.3, -0.25) is 4.79 Å². The number of carboxylic acid groups (broad SMARTS) is 1. The van der Waals surface area contributed by atoms with E-state index in [0.717, 1.165) is 11.1 Å². The second-order valence-electron chi connectivity index (χ2n) is 4.63. The van der Waals surface area contributed by atoms with Crippen LogP contribution in [0.15, 0.2) is 36.4 Å². The highest BCUT2D eigenvalue weighted by Gasteiger charge is 2.13. The van der Waals surface area contributed by atoms with Gasteiger partial charge in [-0.25, -0.2) is 0 Å². The summed E-state index contributed by atoms with van der Waals surface area (Å²) < 4.78 is 0. The quantitative estimate of drug-likeness (QED) is 0.769. The molecule has 1 atom stereocenters. The van der Waals surface area contributed by atoms with Crippen molar-refractivity contribution in [3.8, 4) is 0 Å². The minimum atomic E-state index is -0.855. The topological polar surface area (TPSA) is 61.4 Å². The van der Waals surface area contributed by atoms with E-state index in [9.17, 15) is 4.79 Å². The molecule has 1 unspecified atom stereocenters. The number of rotatable bonds is 5. The standard InChI is InChI=1S/C15H18N2O2/c1-10-3-4-12-8-13(6-5-11(12)7-10)17-9-14(16-2)15(18)19/h3-8,14,16-17H,9H2,1-2H3,(H,18,19). The summed E-state index contributed by atoms with van der Waals surface area (Å²) >= 11 is 0. The number of carbonyl (C=O) groups is 1. The molecular weight excluding hydrogens is 240 g/mol. The van der Waals surface area contributed by atoms with Crippen LogP contribution in [-0.2, 0) is 4.79 Å². The molecule has 100 valence electrons. The van der Waals surface area contributed by atoms with Crippen molar-refractivity contribution in [3.05, 3.63) is 42.0 Å². The van der Waals surface area contributed by atoms with Crippen LogP contribution in [-0.4, -0.2) is 30.7 Å². The summed E-state index contributed by atoms with van der Waals surface area (Å²) in [4.78, 5) is 10.9. The normalized spacial score (nSPS) is 12.3. The zero-order chi connectivity index (χ0) is 13.8. The van der Waals surface area contributed by atoms with Crippen molar-refractivity contribution >= 4 is 22.4 Å². The van der Waals surface area contributed by atoms with Crippen LogP contribution >= 0.6 is 0 Å². The van der Waals surface area contributed by atoms with E-state index in [0.29, 0.717) is 6.54 Å². The fraction of sp³-hybridized carbons (Fsp3) is 0.267. The molecule has 3 N–H and O–H groups in total. The molecule has 2 aromatic rings. The van der Waals surface area contributed by atoms with Gasteiger partial charge in [-0.05, 0) is 36.9 Å². The lowest BCUT2D eigenvalue weighted by molar-refractivity contribution is -0.138. The van der Waals surface area contributed by atoms with Gasteiger partial charge in [0.15, 0.2) is 0 Å². The molecule has 0 saturated heterocycles. The SMILES string of the molecule is CNC(CNc1ccc2cc(C)ccc2c1)C(=O)O. The second-order valence-corrected chi connectivity index (χ2v) is 4.63. The minimum absolute atomic E-state index is 0.350. The molecule has 0 spiro atoms. The van der Waals surface area contributed by atoms with Crippen LogP contribution < -0.4 is 10.6 Å². The molecule has 0 aliphatic rings. The number of carboxylic acids is 1. The number of anilines is 1. The van der Waals surface area contributed by atoms with Crippen molar-refractivity contribution < 1.29 is 9.90 Å². The Hall–Kier alpha value is -2.07. The molecule has 0 amide bonds. The number of hydrogen-bond donors (Lipinski definition) is 3. The third kappa shape index (κ3) is 3.23. The van der Waals surface area contributed by atoms with Gasteiger partial charge < -0.3 is 15.7 Å². The van der Waals surface area contributed by atoms with E-state index in [1.807, 2.05) is 18.2 Å². The van der Waals surface area contributed by atoms with Crippen LogP contribution in [0.4, 0.5) is 5.69 Å². The third-order valence-electron chi connectivity index (χ3n) is 3.15. The van der Waals surface area contributed by atoms with Gasteiger partial charge in [-0.15, -0.1) is 0 Å². The Morgan fingerprint density at radius 1 is 1.21 bits per heavy atom. The lowest BCUT2D eigenvalue weighted by Gasteiger charge is -2.13. The summed E-state index contributed by atoms with van der Waals surface area (Å²) in [5.74, 6) is -0.855. The molecule has 0 fully saturated rings. The van der Waals surface area contributed by atoms with Crippen LogP contribution in [0.3, 0.4) is 0 Å². The Kier molecular flexibility index (Phi) is 4.02. The highest BCUT2D eigenvalue weighted by Crippen LogP contribution is 2.20. The summed E-state index contributed by atoms with van der Waals surface area (Å²) in [5.41, 5.74) is 2.16. The molecule has 0 aliphatic heterocycles. The van der Waals surface area contributed by atoms with E-state index in [1.165, 1.54) is 10.9 Å². The Morgan fingerprint density at radius 2 is 1.89 bits per heavy atom. The monoisotopic (exact) mass is 258 g/mol. The van der Waals surface area contributed by atoms with E-state index in [1.54, 1.807) is 7.05 Å². The first-order valence-electron chi connectivity index (χ1n) is 6.24. The van der Waals surface area contributed by atoms with Crippen LogP contribution in [0.5, 0.6) is 0 Å². The Morgan fingerprint density at radius 3 is 2.58 bits per heavy atom. The van der Waals surface area contributed by atoms with Gasteiger partial charge in [0.2, 0.25) is 0 Å². The minimum Gasteiger partial charge on any atom is -0.480 e. The van der Waals surface area contributed by atoms with E-state index in [2.05, 4.69) is 35.8 Å². The van der Waals surface area contributed by atoms with Crippen molar-refractivity contribution in [2.75, 3.05) is 18.9 Å². The van der Waals surface area contributed by atoms with Gasteiger partial charge in [0.25, 0.3) is 0 Å². The molecule has 0 aromatic heterocycles. The first-order chi connectivity index (χ1) is 9.10. The average Bonchev–Trinajstić information content (AvgIpc) is 2.39. The summed E-state index contributed by atoms with van der Waals surface area (Å²) in [5, 5.41) is 17.2. The summed E-state index contributed by atoms with van der Waals surface area (Å²) in [7, 11) is 1.64. The molecule has 19 heavy (non-hydrogen) atoms. The van der Waals surface area contributed by atoms with E-state index >= 15 is 0 Å². The van der Waals surface area contributed by atoms with E-state index < -0.39 is 12.0 Å². The van der Waals surface area contributed by atoms with Gasteiger partial charge in [-0.2, -0.15) is 0 Å². The summed E-state index contributed by atoms with van der Waals surface area (Å²) in [6.07, 6.45) is 0. The second kappa shape index (κ2) is 5.71. The lowest BCUT2D eigenvalue weighted by atomic mass is 10.1. The van der Waals surface area contributed by atoms with Gasteiger partial charge >= 0.3 is 5.97 Å². The zero-order valence-corrected chi connectivity index (χ0v) is 11.1. The molecule has 0 bridgehead atoms. The number of hydrogen-bond acceptors (Lipinski definition) is 3. The van der Waals surface area contributed by atoms with Gasteiger partial charge in [-0.1, -0.05) is 29.8 Å². The van der Waals surface area contributed by atoms with Gasteiger partial charge in [0.1, 0.15) is 6.04 Å². The number of benzene rings is 2. The molecule has 0 aliphatic carbocycles. The van der Waals surface area contributed by atoms with Crippen LogP contribution in [0, 0.1) is 6.92 Å². The Bertz CT molecular complexity index is 596. The van der Waals surface area contributed by atoms with Gasteiger partial charge in [0, 0.05) is 12.2 Å². The highest BCUT2D eigenvalue weighted by molar-refractivity contribution is 5.86. The fourth-order valence-corrected chi connectivity index (χ4v) is 2.01. The molecule has 4 nitrogen and oxygen atoms in total. The molecule has 4 heteroatoms. The maximum absolute atomic E-state index is 10.9. The van der Waals surface area contributed by atoms with Crippen molar-refractivity contribution in [1.82, 2.24) is 5.32 Å². The van der Waals surface area contributed by atoms with Crippen LogP contribution in [0.25, 0.3) is 10.8 Å². The summed E-state index contributed by atoms with van der Waals surface area (Å²) in [6.45, 7) is 2.42. The Labute approximate surface area is 112 Å². The highest BCUT2D eigenvalue weighted by atomic mass is 16.4. The molecule has 2 rings (SSSR count). The number of fused-ring (bicyclic) bond motifs is 1. The molecule has 2 aromatic carbocycles. The lowest BCUT2D eigenvalue weighted by Crippen LogP contribution is -2.39. The number of likely N-dealkylation sites (N-methyl/N-ethyl adjacent to an activating group) is 1. The Balaban J connectivity index is 2.13. The van der Waals surface area contributed by atoms with Crippen molar-refractivity contribution in [2.45, 2.75) is 13.0 Å². The predicted octanol–water partition coefficient (Wildman–Crippen LogP) is 2.23. The van der Waals surface area contributed by atoms with E-state index in [4.69, 9.17) is 5.11 Å². The van der Waals surface area contributed by atoms with Crippen molar-refractivity contribution in [1.29, 1.82) is 0 Å². The van der Waals surface area contributed by atoms with E-state index in [-0.39, 0.29) is 0 Å². The predicted molar refractivity (Wildman–Crippen MR) is 77.7 cm³/mol. The molecule has 0 radical (unpaired) electrons. The molecule has 0 saturated carbocycles. The van der Waals surface area contributed by atoms with Crippen LogP contribution in [0.1, 0.15) is 5.56 Å². The average molecular weight is 258 g/mol. The maximum Gasteiger partial charge on any atom is 0.322 e. The summed E-state index contributed by atoms with van der Waals surface area (Å²) in [6, 6.07) is 11.7. The number of aliphatic carboxylic acids is 1. The number of nitrogens with one attached hydrogen (secondary N) is 2. The first kappa shape index (κ1) is 13.4. The smallest absolute Gasteiger partial charge is 0.322 e. The zero-order valence-electron chi connectivity index (χ0n) is 11.1. The van der Waals surface area contributed by atoms with Crippen molar-refractivity contribution in [3.63, 3.8) is 0 Å². The fourth-order valence-electron chi connectivity index (χ4n) is 2.01. The van der Waals surface area contributed by atoms with Crippen LogP contribution in [0.2, 0.25) is 0 Å². The third-order valence-corrected chi connectivity index (χ3v) is 3.15. The molecule has 0 heterocycles. The first-order valence-corrected chi connectivity index (χ1v) is 6.24. The maximum atomic E-state index is 10.9. The largest absolute Gasteiger partial charge is 0.480 e. The molecular formula is C15H18N2O2. The van der Waals surface area contributed by atoms with Crippen molar-refractivity contribution in [2.24, 2.45) is 0 Å². The number of aryl methyl sites for hydroxylation is 1.